The number of aromatic nitrogens is 4. The number of aryl methyl sites for hydroxylation is 2. The molecule has 0 saturated heterocycles. The third-order valence-corrected chi connectivity index (χ3v) is 4.14. The Hall–Kier alpha value is -2.96. The summed E-state index contributed by atoms with van der Waals surface area (Å²) >= 11 is 0. The first-order valence-corrected chi connectivity index (χ1v) is 8.37. The molecule has 3 aromatic rings. The molecule has 0 unspecified atom stereocenters. The molecule has 0 aliphatic carbocycles. The Morgan fingerprint density at radius 1 is 1.24 bits per heavy atom. The Bertz CT molecular complexity index is 914. The molecule has 25 heavy (non-hydrogen) atoms. The van der Waals surface area contributed by atoms with Crippen LogP contribution in [0.5, 0.6) is 0 Å². The minimum absolute atomic E-state index is 0.0541. The summed E-state index contributed by atoms with van der Waals surface area (Å²) in [6.07, 6.45) is 3.88. The average molecular weight is 339 g/mol. The molecule has 0 atom stereocenters. The maximum atomic E-state index is 12.4. The fourth-order valence-electron chi connectivity index (χ4n) is 2.78. The van der Waals surface area contributed by atoms with Crippen molar-refractivity contribution in [1.29, 1.82) is 0 Å². The van der Waals surface area contributed by atoms with Crippen molar-refractivity contribution in [2.24, 2.45) is 0 Å². The van der Waals surface area contributed by atoms with Crippen LogP contribution in [0.2, 0.25) is 0 Å². The summed E-state index contributed by atoms with van der Waals surface area (Å²) < 4.78 is 1.29. The quantitative estimate of drug-likeness (QED) is 0.637. The van der Waals surface area contributed by atoms with E-state index in [-0.39, 0.29) is 17.9 Å². The van der Waals surface area contributed by atoms with E-state index in [1.807, 2.05) is 18.2 Å². The van der Waals surface area contributed by atoms with Crippen LogP contribution in [-0.4, -0.2) is 32.0 Å². The van der Waals surface area contributed by atoms with Gasteiger partial charge in [-0.15, -0.1) is 0 Å². The third-order valence-electron chi connectivity index (χ3n) is 4.14. The minimum atomic E-state index is -0.197. The summed E-state index contributed by atoms with van der Waals surface area (Å²) in [5.74, 6) is 0.290. The van der Waals surface area contributed by atoms with Gasteiger partial charge in [-0.25, -0.2) is 9.97 Å². The summed E-state index contributed by atoms with van der Waals surface area (Å²) in [6, 6.07) is 10.2. The predicted octanol–water partition coefficient (Wildman–Crippen LogP) is 1.41. The van der Waals surface area contributed by atoms with Crippen LogP contribution in [-0.2, 0) is 17.6 Å². The fourth-order valence-corrected chi connectivity index (χ4v) is 2.78. The molecule has 0 aliphatic heterocycles. The fraction of sp³-hybridized carbons (Fsp3) is 0.333. The normalized spacial score (nSPS) is 10.9. The highest BCUT2D eigenvalue weighted by Gasteiger charge is 2.12. The predicted molar refractivity (Wildman–Crippen MR) is 94.4 cm³/mol. The number of rotatable bonds is 7. The van der Waals surface area contributed by atoms with Gasteiger partial charge in [-0.1, -0.05) is 30.3 Å². The van der Waals surface area contributed by atoms with Crippen molar-refractivity contribution in [3.05, 3.63) is 63.8 Å². The van der Waals surface area contributed by atoms with Crippen molar-refractivity contribution < 1.29 is 4.79 Å². The molecule has 130 valence electrons. The number of fused-ring (bicyclic) bond motifs is 1. The monoisotopic (exact) mass is 339 g/mol. The molecule has 2 aromatic heterocycles. The SMILES string of the molecule is Cc1nc2nc[nH]n2c(=O)c1CCC(=O)NCCCc1ccccc1. The van der Waals surface area contributed by atoms with E-state index < -0.39 is 0 Å². The first kappa shape index (κ1) is 16.9. The number of H-pyrrole nitrogens is 1. The van der Waals surface area contributed by atoms with Crippen LogP contribution >= 0.6 is 0 Å². The molecule has 2 heterocycles. The Kier molecular flexibility index (Phi) is 5.23. The maximum Gasteiger partial charge on any atom is 0.277 e. The van der Waals surface area contributed by atoms with Crippen LogP contribution in [0.3, 0.4) is 0 Å². The first-order chi connectivity index (χ1) is 12.1. The number of hydrogen-bond acceptors (Lipinski definition) is 4. The summed E-state index contributed by atoms with van der Waals surface area (Å²) in [5, 5.41) is 5.64. The summed E-state index contributed by atoms with van der Waals surface area (Å²) in [4.78, 5) is 32.6. The standard InChI is InChI=1S/C18H21N5O2/c1-13-15(17(25)23-18(22-13)20-12-21-23)9-10-16(24)19-11-5-8-14-6-3-2-4-7-14/h2-4,6-7,12H,5,8-11H2,1H3,(H,19,24)(H,20,21,22). The maximum absolute atomic E-state index is 12.4. The molecule has 0 aliphatic rings. The highest BCUT2D eigenvalue weighted by atomic mass is 16.1. The molecule has 1 aromatic carbocycles. The van der Waals surface area contributed by atoms with Gasteiger partial charge < -0.3 is 5.32 Å². The summed E-state index contributed by atoms with van der Waals surface area (Å²) in [5.41, 5.74) is 2.23. The van der Waals surface area contributed by atoms with Crippen LogP contribution in [0.1, 0.15) is 29.7 Å². The second kappa shape index (κ2) is 7.74. The van der Waals surface area contributed by atoms with Gasteiger partial charge in [-0.05, 0) is 31.7 Å². The van der Waals surface area contributed by atoms with Gasteiger partial charge in [0.25, 0.3) is 11.3 Å². The lowest BCUT2D eigenvalue weighted by Gasteiger charge is -2.07. The van der Waals surface area contributed by atoms with Gasteiger partial charge in [0.2, 0.25) is 5.91 Å². The van der Waals surface area contributed by atoms with E-state index in [0.717, 1.165) is 12.8 Å². The van der Waals surface area contributed by atoms with E-state index in [1.165, 1.54) is 16.4 Å². The van der Waals surface area contributed by atoms with Gasteiger partial charge in [0.05, 0.1) is 5.69 Å². The zero-order chi connectivity index (χ0) is 17.6. The van der Waals surface area contributed by atoms with Crippen molar-refractivity contribution in [3.8, 4) is 0 Å². The van der Waals surface area contributed by atoms with Crippen molar-refractivity contribution in [1.82, 2.24) is 24.9 Å². The largest absolute Gasteiger partial charge is 0.356 e. The molecular formula is C18H21N5O2. The zero-order valence-electron chi connectivity index (χ0n) is 14.2. The number of nitrogens with zero attached hydrogens (tertiary/aromatic N) is 3. The molecular weight excluding hydrogens is 318 g/mol. The van der Waals surface area contributed by atoms with Gasteiger partial charge in [0.1, 0.15) is 6.33 Å². The van der Waals surface area contributed by atoms with Gasteiger partial charge in [0, 0.05) is 18.5 Å². The van der Waals surface area contributed by atoms with Gasteiger partial charge in [0.15, 0.2) is 0 Å². The van der Waals surface area contributed by atoms with Crippen molar-refractivity contribution >= 4 is 11.7 Å². The van der Waals surface area contributed by atoms with Crippen LogP contribution in [0.4, 0.5) is 0 Å². The van der Waals surface area contributed by atoms with Crippen LogP contribution in [0, 0.1) is 6.92 Å². The second-order valence-electron chi connectivity index (χ2n) is 5.94. The van der Waals surface area contributed by atoms with Crippen LogP contribution in [0.15, 0.2) is 41.5 Å². The van der Waals surface area contributed by atoms with Crippen molar-refractivity contribution in [3.63, 3.8) is 0 Å². The molecule has 7 heteroatoms. The number of amides is 1. The number of benzene rings is 1. The lowest BCUT2D eigenvalue weighted by Crippen LogP contribution is -2.27. The van der Waals surface area contributed by atoms with Gasteiger partial charge in [-0.2, -0.15) is 4.52 Å². The second-order valence-corrected chi connectivity index (χ2v) is 5.94. The lowest BCUT2D eigenvalue weighted by atomic mass is 10.1. The molecule has 0 saturated carbocycles. The number of carbonyl (C=O) groups is 1. The molecule has 2 N–H and O–H groups in total. The van der Waals surface area contributed by atoms with E-state index in [2.05, 4.69) is 32.5 Å². The van der Waals surface area contributed by atoms with Crippen LogP contribution < -0.4 is 10.9 Å². The van der Waals surface area contributed by atoms with Crippen molar-refractivity contribution in [2.75, 3.05) is 6.54 Å². The molecule has 0 bridgehead atoms. The molecule has 1 amide bonds. The van der Waals surface area contributed by atoms with Crippen LogP contribution in [0.25, 0.3) is 5.78 Å². The van der Waals surface area contributed by atoms with E-state index in [1.54, 1.807) is 6.92 Å². The van der Waals surface area contributed by atoms with E-state index in [4.69, 9.17) is 0 Å². The van der Waals surface area contributed by atoms with Gasteiger partial charge >= 0.3 is 0 Å². The molecule has 0 spiro atoms. The minimum Gasteiger partial charge on any atom is -0.356 e. The van der Waals surface area contributed by atoms with E-state index >= 15 is 0 Å². The topological polar surface area (TPSA) is 92.2 Å². The van der Waals surface area contributed by atoms with E-state index in [9.17, 15) is 9.59 Å². The molecule has 0 radical (unpaired) electrons. The Labute approximate surface area is 145 Å². The molecule has 7 nitrogen and oxygen atoms in total. The zero-order valence-corrected chi connectivity index (χ0v) is 14.2. The summed E-state index contributed by atoms with van der Waals surface area (Å²) in [7, 11) is 0. The van der Waals surface area contributed by atoms with Gasteiger partial charge in [-0.3, -0.25) is 14.7 Å². The molecule has 0 fully saturated rings. The Morgan fingerprint density at radius 2 is 2.04 bits per heavy atom. The molecule has 3 rings (SSSR count). The lowest BCUT2D eigenvalue weighted by molar-refractivity contribution is -0.121. The number of nitrogens with one attached hydrogen (secondary N) is 2. The Morgan fingerprint density at radius 3 is 2.84 bits per heavy atom. The number of aromatic amines is 1. The smallest absolute Gasteiger partial charge is 0.277 e. The number of carbonyl (C=O) groups excluding carboxylic acids is 1. The third kappa shape index (κ3) is 4.12. The van der Waals surface area contributed by atoms with E-state index in [0.29, 0.717) is 30.0 Å². The average Bonchev–Trinajstić information content (AvgIpc) is 3.08. The summed E-state index contributed by atoms with van der Waals surface area (Å²) in [6.45, 7) is 2.40. The van der Waals surface area contributed by atoms with Crippen molar-refractivity contribution in [2.45, 2.75) is 32.6 Å². The Balaban J connectivity index is 1.48. The first-order valence-electron chi connectivity index (χ1n) is 8.37. The number of hydrogen-bond donors (Lipinski definition) is 2. The highest BCUT2D eigenvalue weighted by Crippen LogP contribution is 2.05. The highest BCUT2D eigenvalue weighted by molar-refractivity contribution is 5.76.